The summed E-state index contributed by atoms with van der Waals surface area (Å²) in [7, 11) is 0. The number of imidazole rings is 1. The number of carbonyl (C=O) groups excluding carboxylic acids is 1. The van der Waals surface area contributed by atoms with Gasteiger partial charge < -0.3 is 10.3 Å². The van der Waals surface area contributed by atoms with Crippen molar-refractivity contribution in [2.45, 2.75) is 25.4 Å². The summed E-state index contributed by atoms with van der Waals surface area (Å²) in [6.45, 7) is 1.45. The summed E-state index contributed by atoms with van der Waals surface area (Å²) in [5, 5.41) is 6.17. The van der Waals surface area contributed by atoms with Crippen LogP contribution >= 0.6 is 11.8 Å². The Balaban J connectivity index is 1.78. The van der Waals surface area contributed by atoms with Gasteiger partial charge >= 0.3 is 0 Å². The largest absolute Gasteiger partial charge is 0.355 e. The van der Waals surface area contributed by atoms with Crippen LogP contribution in [0.4, 0.5) is 0 Å². The first-order valence-corrected chi connectivity index (χ1v) is 7.22. The minimum absolute atomic E-state index is 0.0831. The van der Waals surface area contributed by atoms with Gasteiger partial charge in [0.15, 0.2) is 0 Å². The number of H-pyrrole nitrogens is 1. The summed E-state index contributed by atoms with van der Waals surface area (Å²) >= 11 is 1.80. The van der Waals surface area contributed by atoms with E-state index < -0.39 is 0 Å². The molecule has 1 atom stereocenters. The van der Waals surface area contributed by atoms with E-state index in [1.54, 1.807) is 18.1 Å². The third kappa shape index (κ3) is 3.23. The van der Waals surface area contributed by atoms with Crippen LogP contribution in [0.3, 0.4) is 0 Å². The topological polar surface area (TPSA) is 69.8 Å². The molecule has 0 radical (unpaired) electrons. The maximum absolute atomic E-state index is 11.9. The maximum Gasteiger partial charge on any atom is 0.237 e. The molecule has 0 saturated heterocycles. The first-order chi connectivity index (χ1) is 8.31. The van der Waals surface area contributed by atoms with Crippen molar-refractivity contribution in [2.75, 3.05) is 18.6 Å². The zero-order chi connectivity index (χ0) is 12.1. The van der Waals surface area contributed by atoms with Crippen molar-refractivity contribution in [1.29, 1.82) is 0 Å². The second-order valence-electron chi connectivity index (χ2n) is 4.10. The van der Waals surface area contributed by atoms with Gasteiger partial charge in [-0.1, -0.05) is 0 Å². The van der Waals surface area contributed by atoms with Gasteiger partial charge in [-0.3, -0.25) is 10.1 Å². The van der Waals surface area contributed by atoms with E-state index >= 15 is 0 Å². The zero-order valence-corrected chi connectivity index (χ0v) is 10.8. The normalized spacial score (nSPS) is 18.8. The number of nitrogens with zero attached hydrogens (tertiary/aromatic N) is 1. The molecule has 2 heterocycles. The van der Waals surface area contributed by atoms with Crippen LogP contribution in [0.5, 0.6) is 0 Å². The van der Waals surface area contributed by atoms with Gasteiger partial charge in [-0.15, -0.1) is 0 Å². The van der Waals surface area contributed by atoms with Gasteiger partial charge in [0.1, 0.15) is 0 Å². The molecule has 0 aromatic carbocycles. The van der Waals surface area contributed by atoms with E-state index in [0.29, 0.717) is 13.0 Å². The van der Waals surface area contributed by atoms with Crippen molar-refractivity contribution in [3.63, 3.8) is 0 Å². The predicted molar refractivity (Wildman–Crippen MR) is 68.9 cm³/mol. The molecule has 0 fully saturated rings. The smallest absolute Gasteiger partial charge is 0.237 e. The highest BCUT2D eigenvalue weighted by Crippen LogP contribution is 2.11. The molecule has 1 aliphatic rings. The maximum atomic E-state index is 11.9. The Morgan fingerprint density at radius 3 is 3.41 bits per heavy atom. The van der Waals surface area contributed by atoms with Gasteiger partial charge in [-0.25, -0.2) is 4.98 Å². The average molecular weight is 254 g/mol. The van der Waals surface area contributed by atoms with Gasteiger partial charge in [0.05, 0.1) is 23.8 Å². The van der Waals surface area contributed by atoms with Crippen molar-refractivity contribution in [2.24, 2.45) is 0 Å². The van der Waals surface area contributed by atoms with Crippen LogP contribution in [0, 0.1) is 0 Å². The molecule has 1 aliphatic heterocycles. The lowest BCUT2D eigenvalue weighted by Gasteiger charge is -2.22. The van der Waals surface area contributed by atoms with Crippen molar-refractivity contribution >= 4 is 17.7 Å². The molecule has 1 aromatic rings. The Labute approximate surface area is 105 Å². The third-order valence-corrected chi connectivity index (χ3v) is 3.57. The number of amides is 1. The summed E-state index contributed by atoms with van der Waals surface area (Å²) in [6, 6.07) is -0.139. The number of aromatic amines is 1. The van der Waals surface area contributed by atoms with E-state index in [9.17, 15) is 4.79 Å². The molecule has 5 nitrogen and oxygen atoms in total. The zero-order valence-electron chi connectivity index (χ0n) is 9.95. The number of carbonyl (C=O) groups is 1. The lowest BCUT2D eigenvalue weighted by molar-refractivity contribution is -0.123. The monoisotopic (exact) mass is 254 g/mol. The molecule has 94 valence electrons. The van der Waals surface area contributed by atoms with Gasteiger partial charge in [-0.05, 0) is 18.4 Å². The Morgan fingerprint density at radius 2 is 2.59 bits per heavy atom. The van der Waals surface area contributed by atoms with Crippen molar-refractivity contribution in [1.82, 2.24) is 20.6 Å². The van der Waals surface area contributed by atoms with Crippen LogP contribution in [0.15, 0.2) is 6.33 Å². The Bertz CT molecular complexity index is 379. The first kappa shape index (κ1) is 12.4. The molecule has 6 heteroatoms. The number of nitrogens with one attached hydrogen (secondary N) is 3. The molecule has 3 N–H and O–H groups in total. The molecular weight excluding hydrogens is 236 g/mol. The summed E-state index contributed by atoms with van der Waals surface area (Å²) in [4.78, 5) is 19.2. The van der Waals surface area contributed by atoms with E-state index in [1.165, 1.54) is 0 Å². The Hall–Kier alpha value is -1.01. The van der Waals surface area contributed by atoms with Gasteiger partial charge in [-0.2, -0.15) is 11.8 Å². The molecule has 0 saturated carbocycles. The number of fused-ring (bicyclic) bond motifs is 1. The number of rotatable bonds is 5. The van der Waals surface area contributed by atoms with E-state index in [-0.39, 0.29) is 11.9 Å². The second-order valence-corrected chi connectivity index (χ2v) is 5.09. The average Bonchev–Trinajstić information content (AvgIpc) is 2.81. The lowest BCUT2D eigenvalue weighted by atomic mass is 10.0. The summed E-state index contributed by atoms with van der Waals surface area (Å²) in [5.41, 5.74) is 2.10. The number of thioether (sulfide) groups is 1. The van der Waals surface area contributed by atoms with Crippen LogP contribution in [0.25, 0.3) is 0 Å². The number of aromatic nitrogens is 2. The Kier molecular flexibility index (Phi) is 4.44. The standard InChI is InChI=1S/C11H18N4OS/c1-17-4-2-3-12-11(16)9-5-8-10(6-13-9)15-7-14-8/h7,9,13H,2-6H2,1H3,(H,12,16)(H,14,15). The van der Waals surface area contributed by atoms with Crippen LogP contribution < -0.4 is 10.6 Å². The SMILES string of the molecule is CSCCCNC(=O)C1Cc2nc[nH]c2CN1. The predicted octanol–water partition coefficient (Wildman–Crippen LogP) is 0.293. The summed E-state index contributed by atoms with van der Waals surface area (Å²) in [6.07, 6.45) is 5.45. The first-order valence-electron chi connectivity index (χ1n) is 5.82. The fourth-order valence-electron chi connectivity index (χ4n) is 1.91. The molecule has 0 spiro atoms. The van der Waals surface area contributed by atoms with Crippen LogP contribution in [0.2, 0.25) is 0 Å². The number of hydrogen-bond donors (Lipinski definition) is 3. The molecule has 0 bridgehead atoms. The third-order valence-electron chi connectivity index (χ3n) is 2.87. The van der Waals surface area contributed by atoms with E-state index in [1.807, 2.05) is 0 Å². The van der Waals surface area contributed by atoms with Gasteiger partial charge in [0.25, 0.3) is 0 Å². The van der Waals surface area contributed by atoms with Crippen molar-refractivity contribution in [3.8, 4) is 0 Å². The van der Waals surface area contributed by atoms with Crippen LogP contribution in [-0.4, -0.2) is 40.5 Å². The van der Waals surface area contributed by atoms with E-state index in [0.717, 1.165) is 30.1 Å². The lowest BCUT2D eigenvalue weighted by Crippen LogP contribution is -2.47. The minimum Gasteiger partial charge on any atom is -0.355 e. The molecule has 17 heavy (non-hydrogen) atoms. The van der Waals surface area contributed by atoms with Crippen LogP contribution in [-0.2, 0) is 17.8 Å². The molecule has 1 unspecified atom stereocenters. The molecular formula is C11H18N4OS. The van der Waals surface area contributed by atoms with E-state index in [4.69, 9.17) is 0 Å². The van der Waals surface area contributed by atoms with Crippen molar-refractivity contribution < 1.29 is 4.79 Å². The van der Waals surface area contributed by atoms with Crippen molar-refractivity contribution in [3.05, 3.63) is 17.7 Å². The molecule has 1 aromatic heterocycles. The second kappa shape index (κ2) is 6.07. The molecule has 1 amide bonds. The van der Waals surface area contributed by atoms with Gasteiger partial charge in [0.2, 0.25) is 5.91 Å². The highest BCUT2D eigenvalue weighted by molar-refractivity contribution is 7.98. The number of hydrogen-bond acceptors (Lipinski definition) is 4. The highest BCUT2D eigenvalue weighted by atomic mass is 32.2. The summed E-state index contributed by atoms with van der Waals surface area (Å²) < 4.78 is 0. The minimum atomic E-state index is -0.139. The highest BCUT2D eigenvalue weighted by Gasteiger charge is 2.25. The van der Waals surface area contributed by atoms with Gasteiger partial charge in [0, 0.05) is 19.5 Å². The Morgan fingerprint density at radius 1 is 1.71 bits per heavy atom. The molecule has 2 rings (SSSR count). The van der Waals surface area contributed by atoms with Crippen LogP contribution in [0.1, 0.15) is 17.8 Å². The molecule has 0 aliphatic carbocycles. The summed E-state index contributed by atoms with van der Waals surface area (Å²) in [5.74, 6) is 1.17. The van der Waals surface area contributed by atoms with E-state index in [2.05, 4.69) is 26.9 Å². The fraction of sp³-hybridized carbons (Fsp3) is 0.636. The fourth-order valence-corrected chi connectivity index (χ4v) is 2.34. The quantitative estimate of drug-likeness (QED) is 0.661.